The molecule has 0 amide bonds. The first-order valence-corrected chi connectivity index (χ1v) is 5.76. The SMILES string of the molecule is NCC(OCCC1CC1)c1ccccc1. The summed E-state index contributed by atoms with van der Waals surface area (Å²) in [7, 11) is 0. The van der Waals surface area contributed by atoms with E-state index in [9.17, 15) is 0 Å². The summed E-state index contributed by atoms with van der Waals surface area (Å²) in [4.78, 5) is 0. The Labute approximate surface area is 91.4 Å². The summed E-state index contributed by atoms with van der Waals surface area (Å²) >= 11 is 0. The van der Waals surface area contributed by atoms with Gasteiger partial charge in [-0.2, -0.15) is 0 Å². The molecule has 15 heavy (non-hydrogen) atoms. The van der Waals surface area contributed by atoms with Crippen molar-refractivity contribution in [1.82, 2.24) is 0 Å². The summed E-state index contributed by atoms with van der Waals surface area (Å²) in [5.74, 6) is 0.930. The molecule has 1 unspecified atom stereocenters. The van der Waals surface area contributed by atoms with Gasteiger partial charge in [-0.3, -0.25) is 0 Å². The molecule has 0 saturated heterocycles. The van der Waals surface area contributed by atoms with Crippen LogP contribution >= 0.6 is 0 Å². The normalized spacial score (nSPS) is 17.7. The molecule has 2 rings (SSSR count). The number of ether oxygens (including phenoxy) is 1. The van der Waals surface area contributed by atoms with Crippen molar-refractivity contribution in [1.29, 1.82) is 0 Å². The monoisotopic (exact) mass is 205 g/mol. The third kappa shape index (κ3) is 3.33. The predicted molar refractivity (Wildman–Crippen MR) is 61.5 cm³/mol. The summed E-state index contributed by atoms with van der Waals surface area (Å²) in [6.45, 7) is 1.41. The van der Waals surface area contributed by atoms with E-state index >= 15 is 0 Å². The Morgan fingerprint density at radius 1 is 1.27 bits per heavy atom. The summed E-state index contributed by atoms with van der Waals surface area (Å²) in [5.41, 5.74) is 6.90. The molecule has 1 aliphatic rings. The minimum absolute atomic E-state index is 0.0740. The average Bonchev–Trinajstić information content (AvgIpc) is 3.10. The third-order valence-electron chi connectivity index (χ3n) is 2.93. The van der Waals surface area contributed by atoms with E-state index in [0.29, 0.717) is 6.54 Å². The molecule has 1 atom stereocenters. The fourth-order valence-corrected chi connectivity index (χ4v) is 1.75. The zero-order valence-corrected chi connectivity index (χ0v) is 9.06. The molecular weight excluding hydrogens is 186 g/mol. The summed E-state index contributed by atoms with van der Waals surface area (Å²) in [5, 5.41) is 0. The van der Waals surface area contributed by atoms with E-state index in [1.54, 1.807) is 0 Å². The van der Waals surface area contributed by atoms with Crippen LogP contribution in [0.2, 0.25) is 0 Å². The van der Waals surface area contributed by atoms with Gasteiger partial charge >= 0.3 is 0 Å². The average molecular weight is 205 g/mol. The van der Waals surface area contributed by atoms with Gasteiger partial charge in [-0.25, -0.2) is 0 Å². The Morgan fingerprint density at radius 3 is 2.60 bits per heavy atom. The van der Waals surface area contributed by atoms with Crippen LogP contribution in [0.15, 0.2) is 30.3 Å². The van der Waals surface area contributed by atoms with E-state index in [2.05, 4.69) is 12.1 Å². The lowest BCUT2D eigenvalue weighted by Crippen LogP contribution is -2.16. The van der Waals surface area contributed by atoms with Crippen molar-refractivity contribution < 1.29 is 4.74 Å². The Kier molecular flexibility index (Phi) is 3.75. The Balaban J connectivity index is 1.80. The Morgan fingerprint density at radius 2 is 2.00 bits per heavy atom. The zero-order chi connectivity index (χ0) is 10.5. The molecule has 1 fully saturated rings. The smallest absolute Gasteiger partial charge is 0.0947 e. The standard InChI is InChI=1S/C13H19NO/c14-10-13(12-4-2-1-3-5-12)15-9-8-11-6-7-11/h1-5,11,13H,6-10,14H2. The van der Waals surface area contributed by atoms with Crippen molar-refractivity contribution in [2.75, 3.05) is 13.2 Å². The first-order chi connectivity index (χ1) is 7.40. The number of rotatable bonds is 6. The Hall–Kier alpha value is -0.860. The quantitative estimate of drug-likeness (QED) is 0.774. The molecule has 82 valence electrons. The van der Waals surface area contributed by atoms with Crippen LogP contribution in [0.4, 0.5) is 0 Å². The van der Waals surface area contributed by atoms with E-state index in [1.165, 1.54) is 24.8 Å². The zero-order valence-electron chi connectivity index (χ0n) is 9.06. The number of hydrogen-bond donors (Lipinski definition) is 1. The van der Waals surface area contributed by atoms with Crippen molar-refractivity contribution in [2.45, 2.75) is 25.4 Å². The molecule has 1 aromatic rings. The van der Waals surface area contributed by atoms with Gasteiger partial charge in [0.15, 0.2) is 0 Å². The van der Waals surface area contributed by atoms with E-state index in [1.807, 2.05) is 18.2 Å². The highest BCUT2D eigenvalue weighted by Gasteiger charge is 2.21. The van der Waals surface area contributed by atoms with E-state index in [0.717, 1.165) is 12.5 Å². The fraction of sp³-hybridized carbons (Fsp3) is 0.538. The third-order valence-corrected chi connectivity index (χ3v) is 2.93. The van der Waals surface area contributed by atoms with Crippen molar-refractivity contribution in [2.24, 2.45) is 11.7 Å². The fourth-order valence-electron chi connectivity index (χ4n) is 1.75. The first-order valence-electron chi connectivity index (χ1n) is 5.76. The van der Waals surface area contributed by atoms with Crippen molar-refractivity contribution in [3.05, 3.63) is 35.9 Å². The lowest BCUT2D eigenvalue weighted by Gasteiger charge is -2.16. The molecule has 2 heteroatoms. The summed E-state index contributed by atoms with van der Waals surface area (Å²) < 4.78 is 5.80. The highest BCUT2D eigenvalue weighted by atomic mass is 16.5. The van der Waals surface area contributed by atoms with E-state index in [-0.39, 0.29) is 6.10 Å². The van der Waals surface area contributed by atoms with Gasteiger partial charge in [-0.1, -0.05) is 43.2 Å². The molecule has 1 aliphatic carbocycles. The maximum Gasteiger partial charge on any atom is 0.0947 e. The molecule has 2 N–H and O–H groups in total. The minimum atomic E-state index is 0.0740. The second-order valence-corrected chi connectivity index (χ2v) is 4.24. The van der Waals surface area contributed by atoms with Crippen LogP contribution in [-0.4, -0.2) is 13.2 Å². The molecule has 0 aliphatic heterocycles. The highest BCUT2D eigenvalue weighted by molar-refractivity contribution is 5.17. The van der Waals surface area contributed by atoms with Crippen LogP contribution in [0.3, 0.4) is 0 Å². The van der Waals surface area contributed by atoms with Crippen LogP contribution in [0.5, 0.6) is 0 Å². The highest BCUT2D eigenvalue weighted by Crippen LogP contribution is 2.32. The van der Waals surface area contributed by atoms with E-state index < -0.39 is 0 Å². The summed E-state index contributed by atoms with van der Waals surface area (Å²) in [6, 6.07) is 10.2. The summed E-state index contributed by atoms with van der Waals surface area (Å²) in [6.07, 6.45) is 4.05. The second-order valence-electron chi connectivity index (χ2n) is 4.24. The van der Waals surface area contributed by atoms with Crippen molar-refractivity contribution >= 4 is 0 Å². The molecule has 0 bridgehead atoms. The second kappa shape index (κ2) is 5.29. The van der Waals surface area contributed by atoms with E-state index in [4.69, 9.17) is 10.5 Å². The van der Waals surface area contributed by atoms with Gasteiger partial charge in [0.25, 0.3) is 0 Å². The van der Waals surface area contributed by atoms with Crippen LogP contribution < -0.4 is 5.73 Å². The lowest BCUT2D eigenvalue weighted by molar-refractivity contribution is 0.0545. The maximum absolute atomic E-state index is 5.80. The first kappa shape index (κ1) is 10.7. The molecule has 0 aromatic heterocycles. The van der Waals surface area contributed by atoms with Crippen LogP contribution in [0.25, 0.3) is 0 Å². The molecule has 1 saturated carbocycles. The maximum atomic E-state index is 5.80. The molecule has 0 spiro atoms. The van der Waals surface area contributed by atoms with Gasteiger partial charge in [0.2, 0.25) is 0 Å². The lowest BCUT2D eigenvalue weighted by atomic mass is 10.1. The minimum Gasteiger partial charge on any atom is -0.372 e. The van der Waals surface area contributed by atoms with Gasteiger partial charge in [0.1, 0.15) is 0 Å². The molecule has 2 nitrogen and oxygen atoms in total. The topological polar surface area (TPSA) is 35.2 Å². The van der Waals surface area contributed by atoms with Crippen LogP contribution in [0.1, 0.15) is 30.9 Å². The molecule has 0 radical (unpaired) electrons. The van der Waals surface area contributed by atoms with Gasteiger partial charge in [-0.05, 0) is 17.9 Å². The van der Waals surface area contributed by atoms with Gasteiger partial charge in [0.05, 0.1) is 6.10 Å². The van der Waals surface area contributed by atoms with Crippen molar-refractivity contribution in [3.63, 3.8) is 0 Å². The van der Waals surface area contributed by atoms with Gasteiger partial charge in [-0.15, -0.1) is 0 Å². The number of nitrogens with two attached hydrogens (primary N) is 1. The molecule has 0 heterocycles. The van der Waals surface area contributed by atoms with Gasteiger partial charge in [0, 0.05) is 13.2 Å². The predicted octanol–water partition coefficient (Wildman–Crippen LogP) is 2.50. The molecule has 1 aromatic carbocycles. The van der Waals surface area contributed by atoms with Gasteiger partial charge < -0.3 is 10.5 Å². The number of hydrogen-bond acceptors (Lipinski definition) is 2. The van der Waals surface area contributed by atoms with Crippen molar-refractivity contribution in [3.8, 4) is 0 Å². The largest absolute Gasteiger partial charge is 0.372 e. The molecular formula is C13H19NO. The Bertz CT molecular complexity index is 282. The van der Waals surface area contributed by atoms with Crippen LogP contribution in [0, 0.1) is 5.92 Å². The number of benzene rings is 1. The van der Waals surface area contributed by atoms with Crippen LogP contribution in [-0.2, 0) is 4.74 Å².